The van der Waals surface area contributed by atoms with Gasteiger partial charge in [-0.25, -0.2) is 0 Å². The van der Waals surface area contributed by atoms with Gasteiger partial charge in [0, 0.05) is 21.9 Å². The molecule has 2 aromatic carbocycles. The number of rotatable bonds is 3. The van der Waals surface area contributed by atoms with Crippen molar-refractivity contribution >= 4 is 39.9 Å². The quantitative estimate of drug-likeness (QED) is 0.533. The summed E-state index contributed by atoms with van der Waals surface area (Å²) in [6, 6.07) is 9.11. The van der Waals surface area contributed by atoms with E-state index in [4.69, 9.17) is 11.6 Å². The molecule has 1 N–H and O–H groups in total. The molecule has 2 aliphatic rings. The van der Waals surface area contributed by atoms with Gasteiger partial charge >= 0.3 is 0 Å². The minimum atomic E-state index is -0.354. The van der Waals surface area contributed by atoms with Crippen LogP contribution >= 0.6 is 11.6 Å². The van der Waals surface area contributed by atoms with Crippen molar-refractivity contribution in [3.63, 3.8) is 0 Å². The number of carbonyl (C=O) groups is 2. The van der Waals surface area contributed by atoms with Crippen LogP contribution in [0.2, 0.25) is 0 Å². The Hall–Kier alpha value is -2.47. The van der Waals surface area contributed by atoms with Crippen LogP contribution in [0.3, 0.4) is 0 Å². The maximum absolute atomic E-state index is 12.1. The smallest absolute Gasteiger partial charge is 0.258 e. The predicted molar refractivity (Wildman–Crippen MR) is 86.2 cm³/mol. The molecule has 2 aliphatic heterocycles. The van der Waals surface area contributed by atoms with Crippen molar-refractivity contribution in [2.24, 2.45) is 5.22 Å². The summed E-state index contributed by atoms with van der Waals surface area (Å²) in [5.74, 6) is -0.185. The van der Waals surface area contributed by atoms with E-state index in [9.17, 15) is 9.59 Å². The van der Waals surface area contributed by atoms with Crippen molar-refractivity contribution in [2.45, 2.75) is 0 Å². The Morgan fingerprint density at radius 1 is 1.17 bits per heavy atom. The summed E-state index contributed by atoms with van der Waals surface area (Å²) in [6.07, 6.45) is 0. The molecular formula is C16H14ClN4O2+. The average Bonchev–Trinajstić information content (AvgIpc) is 3.01. The highest BCUT2D eigenvalue weighted by atomic mass is 35.5. The summed E-state index contributed by atoms with van der Waals surface area (Å²) in [6.45, 7) is 2.24. The number of imide groups is 1. The van der Waals surface area contributed by atoms with Crippen molar-refractivity contribution in [1.29, 1.82) is 0 Å². The molecule has 23 heavy (non-hydrogen) atoms. The maximum Gasteiger partial charge on any atom is 0.258 e. The number of nitrogens with one attached hydrogen (secondary N) is 1. The number of hydrogen-bond acceptors (Lipinski definition) is 4. The molecule has 2 aromatic rings. The van der Waals surface area contributed by atoms with Crippen molar-refractivity contribution in [3.8, 4) is 0 Å². The summed E-state index contributed by atoms with van der Waals surface area (Å²) in [5, 5.41) is 10.4. The second-order valence-electron chi connectivity index (χ2n) is 5.50. The standard InChI is InChI=1S/C16H13ClN4O2/c17-6-7-20-8-9-21(19-20)13-5-4-12-14-10(13)2-1-3-11(14)15(22)18-16(12)23/h1-5H,6-9H2/p+1. The van der Waals surface area contributed by atoms with E-state index in [2.05, 4.69) is 10.5 Å². The molecule has 7 heteroatoms. The van der Waals surface area contributed by atoms with Crippen molar-refractivity contribution < 1.29 is 14.3 Å². The number of amides is 2. The minimum absolute atomic E-state index is 0.354. The molecule has 0 atom stereocenters. The summed E-state index contributed by atoms with van der Waals surface area (Å²) < 4.78 is 1.92. The van der Waals surface area contributed by atoms with Gasteiger partial charge in [0.1, 0.15) is 13.1 Å². The highest BCUT2D eigenvalue weighted by Gasteiger charge is 2.30. The number of alkyl halides is 1. The lowest BCUT2D eigenvalue weighted by atomic mass is 9.94. The van der Waals surface area contributed by atoms with Crippen LogP contribution in [0.25, 0.3) is 10.8 Å². The SMILES string of the molecule is O=C1NC(=O)c2ccc(N3CC[N+](CCCl)=N3)c3cccc1c23. The van der Waals surface area contributed by atoms with E-state index in [1.807, 2.05) is 27.9 Å². The van der Waals surface area contributed by atoms with Crippen LogP contribution in [0.4, 0.5) is 5.69 Å². The monoisotopic (exact) mass is 329 g/mol. The van der Waals surface area contributed by atoms with Gasteiger partial charge in [0.2, 0.25) is 0 Å². The summed E-state index contributed by atoms with van der Waals surface area (Å²) in [7, 11) is 0. The number of halogens is 1. The molecule has 6 nitrogen and oxygen atoms in total. The zero-order chi connectivity index (χ0) is 16.0. The van der Waals surface area contributed by atoms with Gasteiger partial charge in [0.05, 0.1) is 11.1 Å². The molecule has 0 saturated heterocycles. The first kappa shape index (κ1) is 14.1. The Labute approximate surface area is 137 Å². The minimum Gasteiger partial charge on any atom is -0.288 e. The first-order valence-corrected chi connectivity index (χ1v) is 7.94. The van der Waals surface area contributed by atoms with Crippen LogP contribution < -0.4 is 10.3 Å². The molecule has 0 saturated carbocycles. The number of carbonyl (C=O) groups excluding carboxylic acids is 2. The summed E-state index contributed by atoms with van der Waals surface area (Å²) in [4.78, 5) is 24.1. The van der Waals surface area contributed by atoms with Crippen LogP contribution in [0.1, 0.15) is 20.7 Å². The Kier molecular flexibility index (Phi) is 3.27. The van der Waals surface area contributed by atoms with Crippen molar-refractivity contribution in [3.05, 3.63) is 41.5 Å². The van der Waals surface area contributed by atoms with Gasteiger partial charge in [-0.3, -0.25) is 14.9 Å². The first-order chi connectivity index (χ1) is 11.2. The molecule has 0 aliphatic carbocycles. The second-order valence-corrected chi connectivity index (χ2v) is 5.88. The molecule has 0 fully saturated rings. The fraction of sp³-hybridized carbons (Fsp3) is 0.250. The second kappa shape index (κ2) is 5.31. The number of hydrogen-bond donors (Lipinski definition) is 1. The van der Waals surface area contributed by atoms with Crippen LogP contribution in [0.15, 0.2) is 35.6 Å². The molecule has 0 spiro atoms. The highest BCUT2D eigenvalue weighted by molar-refractivity contribution is 6.26. The maximum atomic E-state index is 12.1. The molecule has 4 rings (SSSR count). The third-order valence-electron chi connectivity index (χ3n) is 4.16. The van der Waals surface area contributed by atoms with E-state index >= 15 is 0 Å². The van der Waals surface area contributed by atoms with Crippen LogP contribution in [-0.4, -0.2) is 42.0 Å². The van der Waals surface area contributed by atoms with Gasteiger partial charge < -0.3 is 0 Å². The van der Waals surface area contributed by atoms with Crippen molar-refractivity contribution in [1.82, 2.24) is 5.32 Å². The molecule has 0 radical (unpaired) electrons. The lowest BCUT2D eigenvalue weighted by Gasteiger charge is -2.18. The zero-order valence-electron chi connectivity index (χ0n) is 12.3. The van der Waals surface area contributed by atoms with Gasteiger partial charge in [-0.1, -0.05) is 6.07 Å². The Morgan fingerprint density at radius 3 is 2.74 bits per heavy atom. The van der Waals surface area contributed by atoms with E-state index in [0.717, 1.165) is 24.2 Å². The normalized spacial score (nSPS) is 16.7. The van der Waals surface area contributed by atoms with E-state index in [-0.39, 0.29) is 11.8 Å². The summed E-state index contributed by atoms with van der Waals surface area (Å²) >= 11 is 5.77. The topological polar surface area (TPSA) is 64.8 Å². The van der Waals surface area contributed by atoms with Gasteiger partial charge in [0.25, 0.3) is 11.8 Å². The van der Waals surface area contributed by atoms with E-state index in [1.165, 1.54) is 0 Å². The Balaban J connectivity index is 1.90. The summed E-state index contributed by atoms with van der Waals surface area (Å²) in [5.41, 5.74) is 1.94. The number of nitrogens with zero attached hydrogens (tertiary/aromatic N) is 3. The third-order valence-corrected chi connectivity index (χ3v) is 4.33. The number of benzene rings is 2. The molecular weight excluding hydrogens is 316 g/mol. The molecule has 2 amide bonds. The van der Waals surface area contributed by atoms with Crippen LogP contribution in [0.5, 0.6) is 0 Å². The van der Waals surface area contributed by atoms with Gasteiger partial charge in [-0.15, -0.1) is 16.6 Å². The molecule has 2 heterocycles. The zero-order valence-corrected chi connectivity index (χ0v) is 13.0. The fourth-order valence-electron chi connectivity index (χ4n) is 3.11. The molecule has 116 valence electrons. The lowest BCUT2D eigenvalue weighted by molar-refractivity contribution is -0.575. The van der Waals surface area contributed by atoms with Crippen molar-refractivity contribution in [2.75, 3.05) is 30.5 Å². The fourth-order valence-corrected chi connectivity index (χ4v) is 3.30. The molecule has 0 bridgehead atoms. The third kappa shape index (κ3) is 2.17. The largest absolute Gasteiger partial charge is 0.288 e. The predicted octanol–water partition coefficient (Wildman–Crippen LogP) is 2.16. The molecule has 0 aromatic heterocycles. The lowest BCUT2D eigenvalue weighted by Crippen LogP contribution is -2.34. The van der Waals surface area contributed by atoms with E-state index in [0.29, 0.717) is 28.9 Å². The van der Waals surface area contributed by atoms with Gasteiger partial charge in [0.15, 0.2) is 12.2 Å². The number of anilines is 1. The van der Waals surface area contributed by atoms with Crippen LogP contribution in [0, 0.1) is 0 Å². The Morgan fingerprint density at radius 2 is 1.96 bits per heavy atom. The van der Waals surface area contributed by atoms with E-state index < -0.39 is 0 Å². The average molecular weight is 330 g/mol. The van der Waals surface area contributed by atoms with E-state index in [1.54, 1.807) is 12.1 Å². The van der Waals surface area contributed by atoms with Gasteiger partial charge in [-0.2, -0.15) is 4.70 Å². The Bertz CT molecular complexity index is 858. The first-order valence-electron chi connectivity index (χ1n) is 7.40. The van der Waals surface area contributed by atoms with Crippen LogP contribution in [-0.2, 0) is 0 Å². The molecule has 0 unspecified atom stereocenters. The highest BCUT2D eigenvalue weighted by Crippen LogP contribution is 2.34. The van der Waals surface area contributed by atoms with Gasteiger partial charge in [-0.05, 0) is 24.3 Å².